The third-order valence-electron chi connectivity index (χ3n) is 5.05. The number of benzene rings is 1. The molecule has 1 aliphatic carbocycles. The number of rotatable bonds is 4. The number of carbonyl (C=O) groups is 1. The number of carbonyl (C=O) groups excluding carboxylic acids is 1. The standard InChI is InChI=1S/C20H22FNO4/c1-2-13-11-24-20(25-12-13)15-5-3-14(4-6-15)19(23)26-17-8-7-16(10-22)18(21)9-17/h2,7-9,13-15,20H,1,3-6,11-12H2. The second kappa shape index (κ2) is 8.43. The van der Waals surface area contributed by atoms with E-state index in [1.807, 2.05) is 6.08 Å². The topological polar surface area (TPSA) is 68.5 Å². The third kappa shape index (κ3) is 4.29. The molecule has 0 spiro atoms. The van der Waals surface area contributed by atoms with Gasteiger partial charge in [-0.2, -0.15) is 5.26 Å². The summed E-state index contributed by atoms with van der Waals surface area (Å²) in [7, 11) is 0. The normalized spacial score (nSPS) is 28.8. The van der Waals surface area contributed by atoms with Crippen LogP contribution in [0.1, 0.15) is 31.2 Å². The lowest BCUT2D eigenvalue weighted by Crippen LogP contribution is -2.39. The Balaban J connectivity index is 1.48. The van der Waals surface area contributed by atoms with Crippen molar-refractivity contribution in [3.63, 3.8) is 0 Å². The summed E-state index contributed by atoms with van der Waals surface area (Å²) < 4.78 is 30.4. The molecular weight excluding hydrogens is 337 g/mol. The molecule has 0 amide bonds. The molecule has 1 aliphatic heterocycles. The zero-order chi connectivity index (χ0) is 18.5. The first-order chi connectivity index (χ1) is 12.6. The number of halogens is 1. The summed E-state index contributed by atoms with van der Waals surface area (Å²) in [6.07, 6.45) is 4.66. The van der Waals surface area contributed by atoms with Gasteiger partial charge in [0.2, 0.25) is 0 Å². The van der Waals surface area contributed by atoms with E-state index in [-0.39, 0.29) is 41.3 Å². The molecule has 0 unspecified atom stereocenters. The first-order valence-electron chi connectivity index (χ1n) is 8.87. The van der Waals surface area contributed by atoms with Crippen LogP contribution >= 0.6 is 0 Å². The fourth-order valence-electron chi connectivity index (χ4n) is 3.42. The molecule has 1 saturated carbocycles. The molecule has 0 atom stereocenters. The maximum Gasteiger partial charge on any atom is 0.314 e. The lowest BCUT2D eigenvalue weighted by atomic mass is 9.81. The minimum Gasteiger partial charge on any atom is -0.426 e. The highest BCUT2D eigenvalue weighted by Gasteiger charge is 2.34. The second-order valence-electron chi connectivity index (χ2n) is 6.82. The molecule has 2 aliphatic rings. The summed E-state index contributed by atoms with van der Waals surface area (Å²) in [4.78, 5) is 12.3. The highest BCUT2D eigenvalue weighted by Crippen LogP contribution is 2.34. The maximum absolute atomic E-state index is 13.6. The van der Waals surface area contributed by atoms with E-state index >= 15 is 0 Å². The van der Waals surface area contributed by atoms with Gasteiger partial charge in [0, 0.05) is 17.9 Å². The van der Waals surface area contributed by atoms with Gasteiger partial charge in [-0.3, -0.25) is 4.79 Å². The van der Waals surface area contributed by atoms with Gasteiger partial charge in [0.05, 0.1) is 24.7 Å². The minimum absolute atomic E-state index is 0.0727. The van der Waals surface area contributed by atoms with Crippen molar-refractivity contribution in [3.8, 4) is 11.8 Å². The second-order valence-corrected chi connectivity index (χ2v) is 6.82. The molecule has 5 nitrogen and oxygen atoms in total. The zero-order valence-corrected chi connectivity index (χ0v) is 14.5. The Morgan fingerprint density at radius 1 is 1.27 bits per heavy atom. The third-order valence-corrected chi connectivity index (χ3v) is 5.05. The molecule has 0 bridgehead atoms. The Morgan fingerprint density at radius 3 is 2.54 bits per heavy atom. The molecule has 2 fully saturated rings. The number of nitriles is 1. The van der Waals surface area contributed by atoms with Gasteiger partial charge in [-0.15, -0.1) is 6.58 Å². The summed E-state index contributed by atoms with van der Waals surface area (Å²) >= 11 is 0. The van der Waals surface area contributed by atoms with E-state index in [1.165, 1.54) is 12.1 Å². The van der Waals surface area contributed by atoms with Crippen molar-refractivity contribution in [3.05, 3.63) is 42.2 Å². The molecule has 138 valence electrons. The van der Waals surface area contributed by atoms with E-state index in [4.69, 9.17) is 19.5 Å². The molecule has 3 rings (SSSR count). The van der Waals surface area contributed by atoms with Crippen LogP contribution < -0.4 is 4.74 Å². The predicted octanol–water partition coefficient (Wildman–Crippen LogP) is 3.58. The van der Waals surface area contributed by atoms with Crippen LogP contribution in [0.4, 0.5) is 4.39 Å². The van der Waals surface area contributed by atoms with Crippen molar-refractivity contribution < 1.29 is 23.4 Å². The van der Waals surface area contributed by atoms with Gasteiger partial charge in [0.25, 0.3) is 0 Å². The van der Waals surface area contributed by atoms with Crippen LogP contribution in [0.2, 0.25) is 0 Å². The first kappa shape index (κ1) is 18.6. The van der Waals surface area contributed by atoms with Gasteiger partial charge in [0.15, 0.2) is 6.29 Å². The number of hydrogen-bond acceptors (Lipinski definition) is 5. The Kier molecular flexibility index (Phi) is 6.02. The summed E-state index contributed by atoms with van der Waals surface area (Å²) in [6, 6.07) is 5.55. The van der Waals surface area contributed by atoms with E-state index in [0.717, 1.165) is 18.9 Å². The van der Waals surface area contributed by atoms with Crippen molar-refractivity contribution in [2.75, 3.05) is 13.2 Å². The van der Waals surface area contributed by atoms with E-state index in [2.05, 4.69) is 6.58 Å². The lowest BCUT2D eigenvalue weighted by Gasteiger charge is -2.36. The van der Waals surface area contributed by atoms with Crippen LogP contribution in [-0.4, -0.2) is 25.5 Å². The van der Waals surface area contributed by atoms with Crippen LogP contribution in [0.3, 0.4) is 0 Å². The summed E-state index contributed by atoms with van der Waals surface area (Å²) in [5.41, 5.74) is -0.0727. The van der Waals surface area contributed by atoms with Gasteiger partial charge in [-0.25, -0.2) is 4.39 Å². The summed E-state index contributed by atoms with van der Waals surface area (Å²) in [6.45, 7) is 5.00. The van der Waals surface area contributed by atoms with Crippen LogP contribution in [0.15, 0.2) is 30.9 Å². The average Bonchev–Trinajstić information content (AvgIpc) is 2.68. The number of ether oxygens (including phenoxy) is 3. The highest BCUT2D eigenvalue weighted by molar-refractivity contribution is 5.75. The molecule has 0 N–H and O–H groups in total. The zero-order valence-electron chi connectivity index (χ0n) is 14.5. The smallest absolute Gasteiger partial charge is 0.314 e. The minimum atomic E-state index is -0.689. The fourth-order valence-corrected chi connectivity index (χ4v) is 3.42. The molecule has 26 heavy (non-hydrogen) atoms. The summed E-state index contributed by atoms with van der Waals surface area (Å²) in [5, 5.41) is 8.73. The molecule has 1 aromatic carbocycles. The van der Waals surface area contributed by atoms with Crippen LogP contribution in [-0.2, 0) is 14.3 Å². The van der Waals surface area contributed by atoms with E-state index < -0.39 is 5.82 Å². The molecule has 1 aromatic rings. The van der Waals surface area contributed by atoms with Gasteiger partial charge in [-0.1, -0.05) is 6.08 Å². The van der Waals surface area contributed by atoms with Crippen LogP contribution in [0, 0.1) is 34.9 Å². The SMILES string of the molecule is C=CC1COC(C2CCC(C(=O)Oc3ccc(C#N)c(F)c3)CC2)OC1. The molecule has 1 heterocycles. The average molecular weight is 359 g/mol. The monoisotopic (exact) mass is 359 g/mol. The van der Waals surface area contributed by atoms with E-state index in [0.29, 0.717) is 26.1 Å². The van der Waals surface area contributed by atoms with Gasteiger partial charge >= 0.3 is 5.97 Å². The highest BCUT2D eigenvalue weighted by atomic mass is 19.1. The number of nitrogens with zero attached hydrogens (tertiary/aromatic N) is 1. The predicted molar refractivity (Wildman–Crippen MR) is 91.6 cm³/mol. The molecule has 6 heteroatoms. The van der Waals surface area contributed by atoms with Gasteiger partial charge in [-0.05, 0) is 37.8 Å². The van der Waals surface area contributed by atoms with Crippen molar-refractivity contribution in [2.45, 2.75) is 32.0 Å². The Hall–Kier alpha value is -2.23. The van der Waals surface area contributed by atoms with Crippen molar-refractivity contribution in [1.82, 2.24) is 0 Å². The Morgan fingerprint density at radius 2 is 1.96 bits per heavy atom. The summed E-state index contributed by atoms with van der Waals surface area (Å²) in [5.74, 6) is -0.615. The van der Waals surface area contributed by atoms with E-state index in [1.54, 1.807) is 6.07 Å². The van der Waals surface area contributed by atoms with Crippen molar-refractivity contribution in [2.24, 2.45) is 17.8 Å². The van der Waals surface area contributed by atoms with Crippen LogP contribution in [0.25, 0.3) is 0 Å². The van der Waals surface area contributed by atoms with Crippen molar-refractivity contribution >= 4 is 5.97 Å². The Bertz CT molecular complexity index is 698. The molecule has 0 radical (unpaired) electrons. The first-order valence-corrected chi connectivity index (χ1v) is 8.87. The van der Waals surface area contributed by atoms with E-state index in [9.17, 15) is 9.18 Å². The fraction of sp³-hybridized carbons (Fsp3) is 0.500. The quantitative estimate of drug-likeness (QED) is 0.467. The Labute approximate surface area is 152 Å². The van der Waals surface area contributed by atoms with Crippen molar-refractivity contribution in [1.29, 1.82) is 5.26 Å². The number of esters is 1. The molecule has 0 aromatic heterocycles. The molecular formula is C20H22FNO4. The van der Waals surface area contributed by atoms with Crippen LogP contribution in [0.5, 0.6) is 5.75 Å². The van der Waals surface area contributed by atoms with Gasteiger partial charge < -0.3 is 14.2 Å². The number of hydrogen-bond donors (Lipinski definition) is 0. The molecule has 1 saturated heterocycles. The largest absolute Gasteiger partial charge is 0.426 e. The lowest BCUT2D eigenvalue weighted by molar-refractivity contribution is -0.223. The van der Waals surface area contributed by atoms with Gasteiger partial charge in [0.1, 0.15) is 17.6 Å². The maximum atomic E-state index is 13.6.